The smallest absolute Gasteiger partial charge is 0.0847 e. The molecule has 2 rings (SSSR count). The lowest BCUT2D eigenvalue weighted by Crippen LogP contribution is -2.10. The zero-order valence-electron chi connectivity index (χ0n) is 11.5. The van der Waals surface area contributed by atoms with E-state index in [9.17, 15) is 0 Å². The Morgan fingerprint density at radius 3 is 2.70 bits per heavy atom. The van der Waals surface area contributed by atoms with E-state index in [0.717, 1.165) is 39.7 Å². The Labute approximate surface area is 138 Å². The summed E-state index contributed by atoms with van der Waals surface area (Å²) in [6.45, 7) is 4.85. The van der Waals surface area contributed by atoms with Gasteiger partial charge in [0, 0.05) is 16.9 Å². The number of hydrogen-bond acceptors (Lipinski definition) is 1. The van der Waals surface area contributed by atoms with E-state index in [2.05, 4.69) is 34.0 Å². The first-order valence-corrected chi connectivity index (χ1v) is 8.47. The minimum atomic E-state index is 0.326. The van der Waals surface area contributed by atoms with Crippen LogP contribution < -0.4 is 0 Å². The van der Waals surface area contributed by atoms with Gasteiger partial charge in [-0.2, -0.15) is 5.10 Å². The van der Waals surface area contributed by atoms with Crippen molar-refractivity contribution in [3.8, 4) is 0 Å². The summed E-state index contributed by atoms with van der Waals surface area (Å²) in [5.41, 5.74) is 3.20. The van der Waals surface area contributed by atoms with Gasteiger partial charge >= 0.3 is 0 Å². The molecule has 0 saturated heterocycles. The molecule has 1 aromatic carbocycles. The van der Waals surface area contributed by atoms with Crippen LogP contribution in [0.15, 0.2) is 24.3 Å². The maximum atomic E-state index is 6.39. The number of benzene rings is 1. The molecular weight excluding hydrogens is 359 g/mol. The van der Waals surface area contributed by atoms with Crippen LogP contribution in [0.4, 0.5) is 0 Å². The van der Waals surface area contributed by atoms with Crippen LogP contribution in [0, 0.1) is 6.92 Å². The Kier molecular flexibility index (Phi) is 5.53. The molecule has 2 aromatic rings. The molecule has 0 aliphatic rings. The second-order valence-electron chi connectivity index (χ2n) is 4.77. The number of nitrogens with zero attached hydrogens (tertiary/aromatic N) is 2. The molecule has 108 valence electrons. The zero-order valence-corrected chi connectivity index (χ0v) is 14.6. The van der Waals surface area contributed by atoms with Crippen molar-refractivity contribution >= 4 is 39.1 Å². The minimum Gasteiger partial charge on any atom is -0.268 e. The highest BCUT2D eigenvalue weighted by molar-refractivity contribution is 9.09. The largest absolute Gasteiger partial charge is 0.268 e. The molecule has 0 N–H and O–H groups in total. The average molecular weight is 376 g/mol. The van der Waals surface area contributed by atoms with Crippen molar-refractivity contribution in [3.63, 3.8) is 0 Å². The van der Waals surface area contributed by atoms with E-state index < -0.39 is 0 Å². The van der Waals surface area contributed by atoms with Crippen LogP contribution >= 0.6 is 39.1 Å². The van der Waals surface area contributed by atoms with Gasteiger partial charge in [-0.05, 0) is 43.9 Å². The van der Waals surface area contributed by atoms with Gasteiger partial charge in [-0.3, -0.25) is 4.68 Å². The third kappa shape index (κ3) is 3.38. The Morgan fingerprint density at radius 1 is 1.35 bits per heavy atom. The summed E-state index contributed by atoms with van der Waals surface area (Å²) in [5.74, 6) is 0.326. The van der Waals surface area contributed by atoms with Gasteiger partial charge in [0.2, 0.25) is 0 Å². The molecule has 0 radical (unpaired) electrons. The van der Waals surface area contributed by atoms with Gasteiger partial charge in [0.1, 0.15) is 0 Å². The predicted molar refractivity (Wildman–Crippen MR) is 89.3 cm³/mol. The summed E-state index contributed by atoms with van der Waals surface area (Å²) in [6, 6.07) is 7.99. The number of halogens is 3. The third-order valence-electron chi connectivity index (χ3n) is 3.40. The van der Waals surface area contributed by atoms with E-state index >= 15 is 0 Å². The second-order valence-corrected chi connectivity index (χ2v) is 6.23. The number of rotatable bonds is 5. The van der Waals surface area contributed by atoms with Crippen LogP contribution in [-0.2, 0) is 13.0 Å². The molecule has 0 aliphatic heterocycles. The van der Waals surface area contributed by atoms with Crippen LogP contribution in [0.3, 0.4) is 0 Å². The van der Waals surface area contributed by atoms with Crippen molar-refractivity contribution in [1.82, 2.24) is 9.78 Å². The molecule has 1 unspecified atom stereocenters. The van der Waals surface area contributed by atoms with E-state index in [-0.39, 0.29) is 0 Å². The SMILES string of the molecule is CCn1nc(C)c(Cl)c1CC(CBr)c1cccc(Cl)c1. The van der Waals surface area contributed by atoms with Gasteiger partial charge in [-0.15, -0.1) is 0 Å². The standard InChI is InChI=1S/C15H17BrCl2N2/c1-3-20-14(15(18)10(2)19-20)8-12(9-16)11-5-4-6-13(17)7-11/h4-7,12H,3,8-9H2,1-2H3. The monoisotopic (exact) mass is 374 g/mol. The number of aryl methyl sites for hydroxylation is 2. The Morgan fingerprint density at radius 2 is 2.10 bits per heavy atom. The molecule has 0 amide bonds. The van der Waals surface area contributed by atoms with Gasteiger partial charge < -0.3 is 0 Å². The molecule has 0 bridgehead atoms. The first-order chi connectivity index (χ1) is 9.56. The summed E-state index contributed by atoms with van der Waals surface area (Å²) in [4.78, 5) is 0. The molecular formula is C15H17BrCl2N2. The van der Waals surface area contributed by atoms with Gasteiger partial charge in [0.25, 0.3) is 0 Å². The summed E-state index contributed by atoms with van der Waals surface area (Å²) < 4.78 is 1.98. The number of aromatic nitrogens is 2. The second kappa shape index (κ2) is 6.97. The Hall–Kier alpha value is -0.510. The molecule has 2 nitrogen and oxygen atoms in total. The maximum Gasteiger partial charge on any atom is 0.0847 e. The quantitative estimate of drug-likeness (QED) is 0.653. The summed E-state index contributed by atoms with van der Waals surface area (Å²) >= 11 is 16.1. The van der Waals surface area contributed by atoms with E-state index in [4.69, 9.17) is 23.2 Å². The minimum absolute atomic E-state index is 0.326. The zero-order chi connectivity index (χ0) is 14.7. The van der Waals surface area contributed by atoms with E-state index in [1.807, 2.05) is 29.8 Å². The summed E-state index contributed by atoms with van der Waals surface area (Å²) in [5, 5.41) is 6.87. The molecule has 1 aromatic heterocycles. The Bertz CT molecular complexity index is 596. The molecule has 5 heteroatoms. The molecule has 0 aliphatic carbocycles. The normalized spacial score (nSPS) is 12.7. The van der Waals surface area contributed by atoms with Crippen LogP contribution in [0.5, 0.6) is 0 Å². The maximum absolute atomic E-state index is 6.39. The molecule has 0 fully saturated rings. The summed E-state index contributed by atoms with van der Waals surface area (Å²) in [7, 11) is 0. The average Bonchev–Trinajstić information content (AvgIpc) is 2.71. The third-order valence-corrected chi connectivity index (χ3v) is 4.91. The number of hydrogen-bond donors (Lipinski definition) is 0. The van der Waals surface area contributed by atoms with Crippen LogP contribution in [-0.4, -0.2) is 15.1 Å². The number of alkyl halides is 1. The van der Waals surface area contributed by atoms with Crippen molar-refractivity contribution in [3.05, 3.63) is 51.3 Å². The highest BCUT2D eigenvalue weighted by atomic mass is 79.9. The van der Waals surface area contributed by atoms with Crippen LogP contribution in [0.2, 0.25) is 10.0 Å². The van der Waals surface area contributed by atoms with Gasteiger partial charge in [-0.1, -0.05) is 51.3 Å². The van der Waals surface area contributed by atoms with Gasteiger partial charge in [0.15, 0.2) is 0 Å². The molecule has 0 spiro atoms. The van der Waals surface area contributed by atoms with Gasteiger partial charge in [-0.25, -0.2) is 0 Å². The van der Waals surface area contributed by atoms with Crippen molar-refractivity contribution in [2.45, 2.75) is 32.7 Å². The van der Waals surface area contributed by atoms with E-state index in [0.29, 0.717) is 5.92 Å². The van der Waals surface area contributed by atoms with Gasteiger partial charge in [0.05, 0.1) is 16.4 Å². The molecule has 0 saturated carbocycles. The highest BCUT2D eigenvalue weighted by Crippen LogP contribution is 2.29. The molecule has 1 atom stereocenters. The van der Waals surface area contributed by atoms with Crippen LogP contribution in [0.25, 0.3) is 0 Å². The van der Waals surface area contributed by atoms with Crippen molar-refractivity contribution in [2.24, 2.45) is 0 Å². The molecule has 1 heterocycles. The fourth-order valence-corrected chi connectivity index (χ4v) is 3.33. The highest BCUT2D eigenvalue weighted by Gasteiger charge is 2.18. The fraction of sp³-hybridized carbons (Fsp3) is 0.400. The molecule has 20 heavy (non-hydrogen) atoms. The first kappa shape index (κ1) is 15.9. The lowest BCUT2D eigenvalue weighted by Gasteiger charge is -2.16. The van der Waals surface area contributed by atoms with Crippen LogP contribution in [0.1, 0.15) is 29.8 Å². The predicted octanol–water partition coefficient (Wildman–Crippen LogP) is 5.24. The van der Waals surface area contributed by atoms with Crippen molar-refractivity contribution < 1.29 is 0 Å². The lowest BCUT2D eigenvalue weighted by molar-refractivity contribution is 0.597. The van der Waals surface area contributed by atoms with E-state index in [1.165, 1.54) is 5.56 Å². The van der Waals surface area contributed by atoms with Crippen molar-refractivity contribution in [2.75, 3.05) is 5.33 Å². The first-order valence-electron chi connectivity index (χ1n) is 6.60. The lowest BCUT2D eigenvalue weighted by atomic mass is 9.96. The topological polar surface area (TPSA) is 17.8 Å². The van der Waals surface area contributed by atoms with Crippen molar-refractivity contribution in [1.29, 1.82) is 0 Å². The summed E-state index contributed by atoms with van der Waals surface area (Å²) in [6.07, 6.45) is 0.846. The van der Waals surface area contributed by atoms with E-state index in [1.54, 1.807) is 0 Å². The fourth-order valence-electron chi connectivity index (χ4n) is 2.32. The Balaban J connectivity index is 2.31.